The standard InChI is InChI=1S/C32H40N4O5/c1-5-27(32(40)41)34-31(39)29-30(38)20(4)33-28(35-29)16-21-12-14-36(15-13-21)25-10-8-22(9-11-25)23-6-7-24(18-37)26(17-23)19(2)3/h6-11,17,19,21,27,37-38H,5,12-16,18H2,1-4H3,(H,34,39)(H,40,41). The summed E-state index contributed by atoms with van der Waals surface area (Å²) in [5.41, 5.74) is 5.71. The van der Waals surface area contributed by atoms with E-state index < -0.39 is 17.9 Å². The molecule has 218 valence electrons. The summed E-state index contributed by atoms with van der Waals surface area (Å²) < 4.78 is 0. The minimum Gasteiger partial charge on any atom is -0.504 e. The Hall–Kier alpha value is -3.98. The van der Waals surface area contributed by atoms with Crippen LogP contribution in [0.3, 0.4) is 0 Å². The van der Waals surface area contributed by atoms with Crippen LogP contribution in [0.5, 0.6) is 5.75 Å². The largest absolute Gasteiger partial charge is 0.504 e. The SMILES string of the molecule is CCC(NC(=O)c1nc(CC2CCN(c3ccc(-c4ccc(CO)c(C(C)C)c4)cc3)CC2)nc(C)c1O)C(=O)O. The zero-order chi connectivity index (χ0) is 29.7. The van der Waals surface area contributed by atoms with Gasteiger partial charge in [0.1, 0.15) is 11.9 Å². The number of nitrogens with one attached hydrogen (secondary N) is 1. The van der Waals surface area contributed by atoms with Gasteiger partial charge in [-0.15, -0.1) is 0 Å². The lowest BCUT2D eigenvalue weighted by Crippen LogP contribution is -2.40. The highest BCUT2D eigenvalue weighted by Crippen LogP contribution is 2.31. The number of nitrogens with zero attached hydrogens (tertiary/aromatic N) is 3. The quantitative estimate of drug-likeness (QED) is 0.277. The monoisotopic (exact) mass is 560 g/mol. The van der Waals surface area contributed by atoms with Crippen LogP contribution < -0.4 is 10.2 Å². The maximum Gasteiger partial charge on any atom is 0.326 e. The maximum absolute atomic E-state index is 12.7. The molecule has 1 unspecified atom stereocenters. The van der Waals surface area contributed by atoms with Gasteiger partial charge in [-0.3, -0.25) is 4.79 Å². The third-order valence-corrected chi connectivity index (χ3v) is 7.92. The van der Waals surface area contributed by atoms with E-state index in [0.717, 1.165) is 42.6 Å². The lowest BCUT2D eigenvalue weighted by molar-refractivity contribution is -0.139. The first-order valence-corrected chi connectivity index (χ1v) is 14.3. The van der Waals surface area contributed by atoms with Crippen molar-refractivity contribution in [3.63, 3.8) is 0 Å². The fourth-order valence-corrected chi connectivity index (χ4v) is 5.41. The van der Waals surface area contributed by atoms with E-state index in [1.807, 2.05) is 6.07 Å². The molecule has 4 N–H and O–H groups in total. The number of aromatic nitrogens is 2. The van der Waals surface area contributed by atoms with Gasteiger partial charge in [-0.05, 0) is 72.4 Å². The molecule has 9 nitrogen and oxygen atoms in total. The van der Waals surface area contributed by atoms with Crippen molar-refractivity contribution in [2.75, 3.05) is 18.0 Å². The molecule has 0 spiro atoms. The van der Waals surface area contributed by atoms with E-state index in [0.29, 0.717) is 29.8 Å². The van der Waals surface area contributed by atoms with Crippen molar-refractivity contribution in [1.29, 1.82) is 0 Å². The minimum atomic E-state index is -1.13. The Labute approximate surface area is 241 Å². The number of carbonyl (C=O) groups excluding carboxylic acids is 1. The highest BCUT2D eigenvalue weighted by atomic mass is 16.4. The molecule has 41 heavy (non-hydrogen) atoms. The van der Waals surface area contributed by atoms with Gasteiger partial charge in [0.2, 0.25) is 0 Å². The van der Waals surface area contributed by atoms with E-state index in [4.69, 9.17) is 0 Å². The summed E-state index contributed by atoms with van der Waals surface area (Å²) in [6, 6.07) is 13.8. The van der Waals surface area contributed by atoms with Crippen LogP contribution in [0, 0.1) is 12.8 Å². The van der Waals surface area contributed by atoms with Crippen molar-refractivity contribution in [3.05, 3.63) is 70.8 Å². The average molecular weight is 561 g/mol. The van der Waals surface area contributed by atoms with Crippen LogP contribution in [0.4, 0.5) is 5.69 Å². The Morgan fingerprint density at radius 3 is 2.29 bits per heavy atom. The summed E-state index contributed by atoms with van der Waals surface area (Å²) in [7, 11) is 0. The Bertz CT molecular complexity index is 1380. The summed E-state index contributed by atoms with van der Waals surface area (Å²) in [6.07, 6.45) is 2.66. The summed E-state index contributed by atoms with van der Waals surface area (Å²) in [6.45, 7) is 9.36. The number of carboxylic acid groups (broad SMARTS) is 1. The molecule has 0 saturated carbocycles. The molecule has 3 aromatic rings. The van der Waals surface area contributed by atoms with E-state index in [1.165, 1.54) is 11.3 Å². The van der Waals surface area contributed by atoms with Crippen LogP contribution in [0.1, 0.15) is 79.1 Å². The number of aliphatic hydroxyl groups is 1. The van der Waals surface area contributed by atoms with Gasteiger partial charge >= 0.3 is 5.97 Å². The predicted molar refractivity (Wildman–Crippen MR) is 158 cm³/mol. The summed E-state index contributed by atoms with van der Waals surface area (Å²) in [4.78, 5) is 35.1. The lowest BCUT2D eigenvalue weighted by atomic mass is 9.92. The van der Waals surface area contributed by atoms with E-state index >= 15 is 0 Å². The molecule has 1 amide bonds. The first kappa shape index (κ1) is 30.0. The third-order valence-electron chi connectivity index (χ3n) is 7.92. The number of hydrogen-bond donors (Lipinski definition) is 4. The smallest absolute Gasteiger partial charge is 0.326 e. The average Bonchev–Trinajstić information content (AvgIpc) is 2.97. The number of aromatic hydroxyl groups is 1. The number of aryl methyl sites for hydroxylation is 1. The number of rotatable bonds is 10. The van der Waals surface area contributed by atoms with Crippen LogP contribution in [0.15, 0.2) is 42.5 Å². The van der Waals surface area contributed by atoms with E-state index in [-0.39, 0.29) is 24.5 Å². The molecular weight excluding hydrogens is 520 g/mol. The van der Waals surface area contributed by atoms with Crippen molar-refractivity contribution in [2.45, 2.75) is 71.9 Å². The Morgan fingerprint density at radius 1 is 1.05 bits per heavy atom. The number of carboxylic acids is 1. The molecule has 0 bridgehead atoms. The molecular formula is C32H40N4O5. The Morgan fingerprint density at radius 2 is 1.71 bits per heavy atom. The molecule has 2 aromatic carbocycles. The molecule has 0 aliphatic carbocycles. The first-order chi connectivity index (χ1) is 19.6. The molecule has 1 fully saturated rings. The van der Waals surface area contributed by atoms with Crippen LogP contribution in [-0.2, 0) is 17.8 Å². The summed E-state index contributed by atoms with van der Waals surface area (Å²) in [5, 5.41) is 31.7. The highest BCUT2D eigenvalue weighted by Gasteiger charge is 2.26. The molecule has 1 aliphatic heterocycles. The van der Waals surface area contributed by atoms with Crippen molar-refractivity contribution in [3.8, 4) is 16.9 Å². The van der Waals surface area contributed by atoms with Gasteiger partial charge in [-0.1, -0.05) is 51.1 Å². The van der Waals surface area contributed by atoms with Gasteiger partial charge in [0.25, 0.3) is 5.91 Å². The molecule has 4 rings (SSSR count). The fraction of sp³-hybridized carbons (Fsp3) is 0.438. The van der Waals surface area contributed by atoms with Gasteiger partial charge in [0.05, 0.1) is 12.3 Å². The number of benzene rings is 2. The van der Waals surface area contributed by atoms with Crippen molar-refractivity contribution < 1.29 is 24.9 Å². The number of hydrogen-bond acceptors (Lipinski definition) is 7. The molecule has 1 saturated heterocycles. The number of aliphatic hydroxyl groups excluding tert-OH is 1. The second kappa shape index (κ2) is 13.1. The van der Waals surface area contributed by atoms with Crippen LogP contribution in [-0.4, -0.2) is 56.3 Å². The number of carbonyl (C=O) groups is 2. The number of piperidine rings is 1. The van der Waals surface area contributed by atoms with Gasteiger partial charge in [0, 0.05) is 25.2 Å². The highest BCUT2D eigenvalue weighted by molar-refractivity contribution is 5.97. The Kier molecular flexibility index (Phi) is 9.60. The van der Waals surface area contributed by atoms with Gasteiger partial charge < -0.3 is 25.5 Å². The molecule has 2 heterocycles. The number of anilines is 1. The van der Waals surface area contributed by atoms with Gasteiger partial charge in [-0.2, -0.15) is 0 Å². The Balaban J connectivity index is 1.39. The number of amides is 1. The van der Waals surface area contributed by atoms with Crippen LogP contribution in [0.2, 0.25) is 0 Å². The fourth-order valence-electron chi connectivity index (χ4n) is 5.41. The molecule has 1 atom stereocenters. The van der Waals surface area contributed by atoms with E-state index in [9.17, 15) is 24.9 Å². The topological polar surface area (TPSA) is 136 Å². The minimum absolute atomic E-state index is 0.0455. The third kappa shape index (κ3) is 7.03. The van der Waals surface area contributed by atoms with Gasteiger partial charge in [-0.25, -0.2) is 14.8 Å². The van der Waals surface area contributed by atoms with Gasteiger partial charge in [0.15, 0.2) is 11.4 Å². The van der Waals surface area contributed by atoms with Crippen molar-refractivity contribution in [1.82, 2.24) is 15.3 Å². The number of aliphatic carboxylic acids is 1. The predicted octanol–water partition coefficient (Wildman–Crippen LogP) is 4.83. The normalized spacial score (nSPS) is 14.7. The summed E-state index contributed by atoms with van der Waals surface area (Å²) >= 11 is 0. The molecule has 1 aromatic heterocycles. The summed E-state index contributed by atoms with van der Waals surface area (Å²) in [5.74, 6) is -1.04. The zero-order valence-corrected chi connectivity index (χ0v) is 24.2. The lowest BCUT2D eigenvalue weighted by Gasteiger charge is -2.33. The van der Waals surface area contributed by atoms with Crippen molar-refractivity contribution in [2.24, 2.45) is 5.92 Å². The zero-order valence-electron chi connectivity index (χ0n) is 24.2. The van der Waals surface area contributed by atoms with E-state index in [1.54, 1.807) is 13.8 Å². The molecule has 9 heteroatoms. The van der Waals surface area contributed by atoms with Crippen LogP contribution in [0.25, 0.3) is 11.1 Å². The van der Waals surface area contributed by atoms with Crippen LogP contribution >= 0.6 is 0 Å². The second-order valence-corrected chi connectivity index (χ2v) is 11.1. The van der Waals surface area contributed by atoms with Crippen molar-refractivity contribution >= 4 is 17.6 Å². The first-order valence-electron chi connectivity index (χ1n) is 14.3. The molecule has 1 aliphatic rings. The second-order valence-electron chi connectivity index (χ2n) is 11.1. The molecule has 0 radical (unpaired) electrons. The maximum atomic E-state index is 12.7. The van der Waals surface area contributed by atoms with E-state index in [2.05, 4.69) is 70.4 Å².